The van der Waals surface area contributed by atoms with Crippen LogP contribution in [0, 0.1) is 0 Å². The molecule has 1 atom stereocenters. The number of fused-ring (bicyclic) bond motifs is 2. The number of carbonyl (C=O) groups excluding carboxylic acids is 3. The van der Waals surface area contributed by atoms with Crippen molar-refractivity contribution in [2.24, 2.45) is 0 Å². The molecule has 2 aliphatic heterocycles. The third-order valence-electron chi connectivity index (χ3n) is 6.60. The first-order chi connectivity index (χ1) is 17.4. The molecule has 0 saturated carbocycles. The van der Waals surface area contributed by atoms with Crippen LogP contribution in [0.25, 0.3) is 5.76 Å². The molecular formula is C28H25N3O5. The summed E-state index contributed by atoms with van der Waals surface area (Å²) in [5.74, 6) is -2.07. The number of Topliss-reactive ketones (excluding diaryl/α,β-unsaturated/α-hetero) is 1. The van der Waals surface area contributed by atoms with E-state index in [0.717, 1.165) is 6.42 Å². The molecule has 1 unspecified atom stereocenters. The first kappa shape index (κ1) is 23.3. The van der Waals surface area contributed by atoms with Gasteiger partial charge in [-0.3, -0.25) is 19.4 Å². The number of hydrogen-bond donors (Lipinski definition) is 1. The zero-order valence-corrected chi connectivity index (χ0v) is 20.0. The summed E-state index contributed by atoms with van der Waals surface area (Å²) in [6.45, 7) is 2.51. The van der Waals surface area contributed by atoms with Gasteiger partial charge in [0.15, 0.2) is 5.54 Å². The lowest BCUT2D eigenvalue weighted by Crippen LogP contribution is -2.50. The molecule has 8 nitrogen and oxygen atoms in total. The van der Waals surface area contributed by atoms with Crippen LogP contribution in [0.1, 0.15) is 30.0 Å². The van der Waals surface area contributed by atoms with Gasteiger partial charge in [-0.15, -0.1) is 0 Å². The van der Waals surface area contributed by atoms with Crippen molar-refractivity contribution in [2.45, 2.75) is 25.4 Å². The molecule has 2 aliphatic rings. The Hall–Kier alpha value is -4.46. The smallest absolute Gasteiger partial charge is 0.296 e. The van der Waals surface area contributed by atoms with Crippen molar-refractivity contribution in [2.75, 3.05) is 18.6 Å². The highest BCUT2D eigenvalue weighted by Gasteiger charge is 2.66. The van der Waals surface area contributed by atoms with Crippen LogP contribution in [0.4, 0.5) is 5.69 Å². The maximum atomic E-state index is 14.0. The molecule has 36 heavy (non-hydrogen) atoms. The molecule has 1 fully saturated rings. The van der Waals surface area contributed by atoms with Crippen molar-refractivity contribution in [1.82, 2.24) is 9.88 Å². The predicted octanol–water partition coefficient (Wildman–Crippen LogP) is 3.62. The molecular weight excluding hydrogens is 458 g/mol. The lowest BCUT2D eigenvalue weighted by molar-refractivity contribution is -0.144. The van der Waals surface area contributed by atoms with Crippen LogP contribution in [-0.4, -0.2) is 46.2 Å². The summed E-state index contributed by atoms with van der Waals surface area (Å²) in [4.78, 5) is 47.8. The monoisotopic (exact) mass is 483 g/mol. The van der Waals surface area contributed by atoms with Crippen LogP contribution in [-0.2, 0) is 26.5 Å². The Morgan fingerprint density at radius 2 is 1.78 bits per heavy atom. The highest BCUT2D eigenvalue weighted by atomic mass is 16.5. The number of aliphatic hydroxyl groups is 1. The zero-order chi connectivity index (χ0) is 25.4. The van der Waals surface area contributed by atoms with Gasteiger partial charge >= 0.3 is 0 Å². The molecule has 8 heteroatoms. The topological polar surface area (TPSA) is 100 Å². The lowest BCUT2D eigenvalue weighted by Gasteiger charge is -2.34. The molecule has 0 radical (unpaired) electrons. The quantitative estimate of drug-likeness (QED) is 0.327. The Morgan fingerprint density at radius 1 is 1.03 bits per heavy atom. The second kappa shape index (κ2) is 8.96. The van der Waals surface area contributed by atoms with E-state index in [0.29, 0.717) is 34.7 Å². The summed E-state index contributed by atoms with van der Waals surface area (Å²) in [6.07, 6.45) is 4.03. The Kier molecular flexibility index (Phi) is 5.80. The number of rotatable bonds is 6. The van der Waals surface area contributed by atoms with Crippen molar-refractivity contribution < 1.29 is 24.2 Å². The van der Waals surface area contributed by atoms with Gasteiger partial charge in [0.25, 0.3) is 17.6 Å². The summed E-state index contributed by atoms with van der Waals surface area (Å²) in [7, 11) is 1.60. The van der Waals surface area contributed by atoms with Crippen LogP contribution in [0.5, 0.6) is 5.75 Å². The number of likely N-dealkylation sites (tertiary alicyclic amines) is 1. The van der Waals surface area contributed by atoms with Gasteiger partial charge in [0, 0.05) is 42.8 Å². The van der Waals surface area contributed by atoms with Gasteiger partial charge in [0.2, 0.25) is 0 Å². The Labute approximate surface area is 208 Å². The molecule has 0 bridgehead atoms. The molecule has 2 aromatic carbocycles. The van der Waals surface area contributed by atoms with E-state index in [1.54, 1.807) is 80.1 Å². The average molecular weight is 484 g/mol. The molecule has 3 heterocycles. The number of anilines is 1. The molecule has 5 rings (SSSR count). The SMILES string of the molecule is CCCOc1ccc(/C(O)=C2\C(=O)C(=O)N(Cc3cccnc3)C23C(=O)N(C)c2ccccc23)cc1. The van der Waals surface area contributed by atoms with Crippen LogP contribution in [0.2, 0.25) is 0 Å². The van der Waals surface area contributed by atoms with Crippen molar-refractivity contribution in [3.63, 3.8) is 0 Å². The lowest BCUT2D eigenvalue weighted by atomic mass is 9.81. The van der Waals surface area contributed by atoms with Gasteiger partial charge in [-0.2, -0.15) is 0 Å². The van der Waals surface area contributed by atoms with E-state index < -0.39 is 28.9 Å². The van der Waals surface area contributed by atoms with Crippen LogP contribution >= 0.6 is 0 Å². The summed E-state index contributed by atoms with van der Waals surface area (Å²) in [5, 5.41) is 11.5. The summed E-state index contributed by atoms with van der Waals surface area (Å²) >= 11 is 0. The van der Waals surface area contributed by atoms with Crippen LogP contribution in [0.15, 0.2) is 78.6 Å². The minimum atomic E-state index is -1.81. The number of para-hydroxylation sites is 1. The van der Waals surface area contributed by atoms with Crippen molar-refractivity contribution in [3.8, 4) is 5.75 Å². The van der Waals surface area contributed by atoms with E-state index in [1.807, 2.05) is 6.92 Å². The largest absolute Gasteiger partial charge is 0.507 e. The number of hydrogen-bond acceptors (Lipinski definition) is 6. The van der Waals surface area contributed by atoms with E-state index in [4.69, 9.17) is 4.74 Å². The minimum Gasteiger partial charge on any atom is -0.507 e. The van der Waals surface area contributed by atoms with Gasteiger partial charge < -0.3 is 19.6 Å². The Morgan fingerprint density at radius 3 is 2.47 bits per heavy atom. The summed E-state index contributed by atoms with van der Waals surface area (Å²) in [5.41, 5.74) is -0.0784. The molecule has 1 saturated heterocycles. The first-order valence-corrected chi connectivity index (χ1v) is 11.7. The Bertz CT molecular complexity index is 1380. The number of carbonyl (C=O) groups is 3. The van der Waals surface area contributed by atoms with Gasteiger partial charge in [0.1, 0.15) is 11.5 Å². The molecule has 1 aromatic heterocycles. The normalized spacial score (nSPS) is 20.3. The molecule has 1 N–H and O–H groups in total. The number of ketones is 1. The Balaban J connectivity index is 1.73. The summed E-state index contributed by atoms with van der Waals surface area (Å²) < 4.78 is 5.61. The van der Waals surface area contributed by atoms with Crippen LogP contribution < -0.4 is 9.64 Å². The zero-order valence-electron chi connectivity index (χ0n) is 20.0. The van der Waals surface area contributed by atoms with Gasteiger partial charge in [0.05, 0.1) is 12.2 Å². The number of amides is 2. The van der Waals surface area contributed by atoms with Gasteiger partial charge in [-0.1, -0.05) is 31.2 Å². The van der Waals surface area contributed by atoms with Crippen LogP contribution in [0.3, 0.4) is 0 Å². The van der Waals surface area contributed by atoms with E-state index in [-0.39, 0.29) is 12.1 Å². The standard InChI is InChI=1S/C28H25N3O5/c1-3-15-36-20-12-10-19(11-13-20)24(32)23-25(33)26(34)31(17-18-7-6-14-29-16-18)28(23)21-8-4-5-9-22(21)30(2)27(28)35/h4-14,16,32H,3,15,17H2,1-2H3/b24-23-. The van der Waals surface area contributed by atoms with E-state index in [2.05, 4.69) is 4.98 Å². The summed E-state index contributed by atoms with van der Waals surface area (Å²) in [6, 6.07) is 17.1. The fraction of sp³-hybridized carbons (Fsp3) is 0.214. The fourth-order valence-corrected chi connectivity index (χ4v) is 4.94. The highest BCUT2D eigenvalue weighted by molar-refractivity contribution is 6.49. The maximum absolute atomic E-state index is 14.0. The number of likely N-dealkylation sites (N-methyl/N-ethyl adjacent to an activating group) is 1. The van der Waals surface area contributed by atoms with E-state index in [9.17, 15) is 19.5 Å². The number of pyridine rings is 1. The molecule has 1 spiro atoms. The fourth-order valence-electron chi connectivity index (χ4n) is 4.94. The number of aromatic nitrogens is 1. The van der Waals surface area contributed by atoms with Gasteiger partial charge in [-0.05, 0) is 48.4 Å². The minimum absolute atomic E-state index is 0.0348. The molecule has 2 amide bonds. The van der Waals surface area contributed by atoms with E-state index in [1.165, 1.54) is 9.80 Å². The molecule has 182 valence electrons. The highest BCUT2D eigenvalue weighted by Crippen LogP contribution is 2.53. The van der Waals surface area contributed by atoms with E-state index >= 15 is 0 Å². The molecule has 3 aromatic rings. The predicted molar refractivity (Wildman–Crippen MR) is 133 cm³/mol. The number of aliphatic hydroxyl groups excluding tert-OH is 1. The second-order valence-corrected chi connectivity index (χ2v) is 8.77. The van der Waals surface area contributed by atoms with Crippen molar-refractivity contribution in [1.29, 1.82) is 0 Å². The third kappa shape index (κ3) is 3.37. The second-order valence-electron chi connectivity index (χ2n) is 8.77. The number of nitrogens with zero attached hydrogens (tertiary/aromatic N) is 3. The number of benzene rings is 2. The first-order valence-electron chi connectivity index (χ1n) is 11.7. The third-order valence-corrected chi connectivity index (χ3v) is 6.60. The maximum Gasteiger partial charge on any atom is 0.296 e. The molecule has 0 aliphatic carbocycles. The average Bonchev–Trinajstić information content (AvgIpc) is 3.26. The van der Waals surface area contributed by atoms with Gasteiger partial charge in [-0.25, -0.2) is 0 Å². The number of ether oxygens (including phenoxy) is 1. The van der Waals surface area contributed by atoms with Crippen molar-refractivity contribution >= 4 is 29.0 Å². The van der Waals surface area contributed by atoms with Crippen molar-refractivity contribution in [3.05, 3.63) is 95.3 Å².